The number of hydrogen-bond acceptors (Lipinski definition) is 3. The number of aromatic nitrogens is 1. The summed E-state index contributed by atoms with van der Waals surface area (Å²) in [6, 6.07) is 4.27. The van der Waals surface area contributed by atoms with Crippen molar-refractivity contribution in [2.75, 3.05) is 18.0 Å². The predicted molar refractivity (Wildman–Crippen MR) is 96.0 cm³/mol. The summed E-state index contributed by atoms with van der Waals surface area (Å²) in [4.78, 5) is 19.2. The maximum Gasteiger partial charge on any atom is 0.270 e. The number of hydrogen-bond donors (Lipinski definition) is 1. The molecule has 0 saturated heterocycles. The maximum absolute atomic E-state index is 12.5. The molecule has 1 fully saturated rings. The van der Waals surface area contributed by atoms with E-state index in [1.54, 1.807) is 6.20 Å². The quantitative estimate of drug-likeness (QED) is 0.768. The van der Waals surface area contributed by atoms with Crippen LogP contribution in [-0.2, 0) is 0 Å². The molecule has 1 N–H and O–H groups in total. The van der Waals surface area contributed by atoms with Gasteiger partial charge in [-0.15, -0.1) is 0 Å². The normalized spacial score (nSPS) is 15.9. The van der Waals surface area contributed by atoms with Gasteiger partial charge in [0.05, 0.1) is 0 Å². The van der Waals surface area contributed by atoms with Gasteiger partial charge >= 0.3 is 0 Å². The van der Waals surface area contributed by atoms with Crippen LogP contribution in [0.1, 0.15) is 75.7 Å². The molecule has 128 valence electrons. The fourth-order valence-corrected chi connectivity index (χ4v) is 3.33. The first-order valence-corrected chi connectivity index (χ1v) is 9.26. The SMILES string of the molecule is CCCN(CCC)c1ccnc(C(=O)NC2CCCCCC2)c1. The molecular formula is C19H31N3O. The average Bonchev–Trinajstić information content (AvgIpc) is 2.83. The summed E-state index contributed by atoms with van der Waals surface area (Å²) in [5.41, 5.74) is 1.65. The molecule has 2 rings (SSSR count). The minimum Gasteiger partial charge on any atom is -0.371 e. The molecule has 0 atom stereocenters. The Labute approximate surface area is 140 Å². The van der Waals surface area contributed by atoms with Crippen LogP contribution >= 0.6 is 0 Å². The lowest BCUT2D eigenvalue weighted by Gasteiger charge is -2.24. The van der Waals surface area contributed by atoms with Crippen LogP contribution in [-0.4, -0.2) is 30.0 Å². The van der Waals surface area contributed by atoms with E-state index in [0.717, 1.165) is 44.5 Å². The molecule has 4 nitrogen and oxygen atoms in total. The lowest BCUT2D eigenvalue weighted by Crippen LogP contribution is -2.35. The van der Waals surface area contributed by atoms with Crippen LogP contribution in [0.3, 0.4) is 0 Å². The number of nitrogens with one attached hydrogen (secondary N) is 1. The van der Waals surface area contributed by atoms with Crippen molar-refractivity contribution in [1.82, 2.24) is 10.3 Å². The number of carbonyl (C=O) groups excluding carboxylic acids is 1. The summed E-state index contributed by atoms with van der Waals surface area (Å²) < 4.78 is 0. The van der Waals surface area contributed by atoms with Gasteiger partial charge in [-0.1, -0.05) is 39.5 Å². The van der Waals surface area contributed by atoms with Crippen molar-refractivity contribution in [3.8, 4) is 0 Å². The van der Waals surface area contributed by atoms with Crippen LogP contribution in [0.5, 0.6) is 0 Å². The highest BCUT2D eigenvalue weighted by Gasteiger charge is 2.17. The van der Waals surface area contributed by atoms with Crippen LogP contribution in [0.15, 0.2) is 18.3 Å². The molecule has 1 heterocycles. The van der Waals surface area contributed by atoms with Crippen LogP contribution in [0, 0.1) is 0 Å². The molecule has 0 aliphatic heterocycles. The Bertz CT molecular complexity index is 475. The van der Waals surface area contributed by atoms with Crippen molar-refractivity contribution >= 4 is 11.6 Å². The molecule has 0 aromatic carbocycles. The molecule has 0 bridgehead atoms. The van der Waals surface area contributed by atoms with Crippen molar-refractivity contribution in [3.05, 3.63) is 24.0 Å². The number of nitrogens with zero attached hydrogens (tertiary/aromatic N) is 2. The lowest BCUT2D eigenvalue weighted by atomic mass is 10.1. The van der Waals surface area contributed by atoms with Crippen molar-refractivity contribution < 1.29 is 4.79 Å². The second-order valence-corrected chi connectivity index (χ2v) is 6.55. The Morgan fingerprint density at radius 2 is 1.83 bits per heavy atom. The summed E-state index contributed by atoms with van der Waals surface area (Å²) in [5.74, 6) is -0.0216. The number of rotatable bonds is 7. The largest absolute Gasteiger partial charge is 0.371 e. The van der Waals surface area contributed by atoms with E-state index in [4.69, 9.17) is 0 Å². The van der Waals surface area contributed by atoms with Gasteiger partial charge in [0.15, 0.2) is 0 Å². The third-order valence-corrected chi connectivity index (χ3v) is 4.52. The third-order valence-electron chi connectivity index (χ3n) is 4.52. The van der Waals surface area contributed by atoms with E-state index in [0.29, 0.717) is 11.7 Å². The second-order valence-electron chi connectivity index (χ2n) is 6.55. The van der Waals surface area contributed by atoms with Gasteiger partial charge in [0.1, 0.15) is 5.69 Å². The summed E-state index contributed by atoms with van der Waals surface area (Å²) in [5, 5.41) is 3.19. The first-order chi connectivity index (χ1) is 11.2. The summed E-state index contributed by atoms with van der Waals surface area (Å²) in [7, 11) is 0. The van der Waals surface area contributed by atoms with E-state index in [-0.39, 0.29) is 5.91 Å². The van der Waals surface area contributed by atoms with Gasteiger partial charge in [-0.2, -0.15) is 0 Å². The predicted octanol–water partition coefficient (Wildman–Crippen LogP) is 4.16. The van der Waals surface area contributed by atoms with E-state index in [1.807, 2.05) is 12.1 Å². The Morgan fingerprint density at radius 3 is 2.43 bits per heavy atom. The highest BCUT2D eigenvalue weighted by atomic mass is 16.1. The van der Waals surface area contributed by atoms with Crippen molar-refractivity contribution in [3.63, 3.8) is 0 Å². The van der Waals surface area contributed by atoms with Gasteiger partial charge in [0.25, 0.3) is 5.91 Å². The number of amides is 1. The zero-order chi connectivity index (χ0) is 16.5. The fraction of sp³-hybridized carbons (Fsp3) is 0.684. The Hall–Kier alpha value is -1.58. The zero-order valence-corrected chi connectivity index (χ0v) is 14.7. The maximum atomic E-state index is 12.5. The molecule has 0 radical (unpaired) electrons. The number of carbonyl (C=O) groups is 1. The molecule has 1 aromatic heterocycles. The molecule has 1 aliphatic carbocycles. The first-order valence-electron chi connectivity index (χ1n) is 9.26. The molecule has 4 heteroatoms. The molecule has 0 unspecified atom stereocenters. The van der Waals surface area contributed by atoms with Crippen LogP contribution in [0.2, 0.25) is 0 Å². The van der Waals surface area contributed by atoms with E-state index in [1.165, 1.54) is 25.7 Å². The Kier molecular flexibility index (Phi) is 7.37. The van der Waals surface area contributed by atoms with Gasteiger partial charge in [-0.3, -0.25) is 9.78 Å². The van der Waals surface area contributed by atoms with Crippen LogP contribution in [0.4, 0.5) is 5.69 Å². The van der Waals surface area contributed by atoms with Gasteiger partial charge in [-0.05, 0) is 37.8 Å². The highest BCUT2D eigenvalue weighted by Crippen LogP contribution is 2.19. The molecule has 1 amide bonds. The van der Waals surface area contributed by atoms with E-state index >= 15 is 0 Å². The van der Waals surface area contributed by atoms with Crippen molar-refractivity contribution in [2.24, 2.45) is 0 Å². The summed E-state index contributed by atoms with van der Waals surface area (Å²) in [6.45, 7) is 6.40. The van der Waals surface area contributed by atoms with E-state index in [9.17, 15) is 4.79 Å². The molecule has 1 aromatic rings. The monoisotopic (exact) mass is 317 g/mol. The molecular weight excluding hydrogens is 286 g/mol. The van der Waals surface area contributed by atoms with Crippen LogP contribution < -0.4 is 10.2 Å². The Morgan fingerprint density at radius 1 is 1.17 bits per heavy atom. The van der Waals surface area contributed by atoms with Gasteiger partial charge in [-0.25, -0.2) is 0 Å². The van der Waals surface area contributed by atoms with Crippen LogP contribution in [0.25, 0.3) is 0 Å². The summed E-state index contributed by atoms with van der Waals surface area (Å²) in [6.07, 6.45) is 11.2. The van der Waals surface area contributed by atoms with E-state index < -0.39 is 0 Å². The van der Waals surface area contributed by atoms with Gasteiger partial charge in [0, 0.05) is 31.0 Å². The molecule has 0 spiro atoms. The van der Waals surface area contributed by atoms with E-state index in [2.05, 4.69) is 29.0 Å². The average molecular weight is 317 g/mol. The fourth-order valence-electron chi connectivity index (χ4n) is 3.33. The minimum absolute atomic E-state index is 0.0216. The topological polar surface area (TPSA) is 45.2 Å². The Balaban J connectivity index is 2.03. The third kappa shape index (κ3) is 5.52. The first kappa shape index (κ1) is 17.8. The minimum atomic E-state index is -0.0216. The molecule has 1 saturated carbocycles. The number of anilines is 1. The second kappa shape index (κ2) is 9.53. The standard InChI is InChI=1S/C19H31N3O/c1-3-13-22(14-4-2)17-11-12-20-18(15-17)19(23)21-16-9-7-5-6-8-10-16/h11-12,15-16H,3-10,13-14H2,1-2H3,(H,21,23). The number of pyridine rings is 1. The lowest BCUT2D eigenvalue weighted by molar-refractivity contribution is 0.0928. The van der Waals surface area contributed by atoms with Gasteiger partial charge < -0.3 is 10.2 Å². The highest BCUT2D eigenvalue weighted by molar-refractivity contribution is 5.93. The zero-order valence-electron chi connectivity index (χ0n) is 14.7. The summed E-state index contributed by atoms with van der Waals surface area (Å²) >= 11 is 0. The smallest absolute Gasteiger partial charge is 0.270 e. The van der Waals surface area contributed by atoms with Gasteiger partial charge in [0.2, 0.25) is 0 Å². The molecule has 23 heavy (non-hydrogen) atoms. The van der Waals surface area contributed by atoms with Crippen molar-refractivity contribution in [1.29, 1.82) is 0 Å². The molecule has 1 aliphatic rings. The van der Waals surface area contributed by atoms with Crippen molar-refractivity contribution in [2.45, 2.75) is 71.3 Å².